The van der Waals surface area contributed by atoms with Gasteiger partial charge in [0.05, 0.1) is 11.8 Å². The highest BCUT2D eigenvalue weighted by molar-refractivity contribution is 7.99. The Balaban J connectivity index is 1.77. The molecule has 16 heavy (non-hydrogen) atoms. The molecule has 0 radical (unpaired) electrons. The molecule has 6 heteroatoms. The Morgan fingerprint density at radius 2 is 2.50 bits per heavy atom. The van der Waals surface area contributed by atoms with Crippen molar-refractivity contribution in [2.75, 3.05) is 5.75 Å². The summed E-state index contributed by atoms with van der Waals surface area (Å²) in [7, 11) is 0. The molecular formula is C10H13NO4S. The summed E-state index contributed by atoms with van der Waals surface area (Å²) in [6, 6.07) is 0. The van der Waals surface area contributed by atoms with Crippen LogP contribution in [0.3, 0.4) is 0 Å². The number of ether oxygens (including phenoxy) is 1. The van der Waals surface area contributed by atoms with Crippen molar-refractivity contribution in [3.05, 3.63) is 12.0 Å². The van der Waals surface area contributed by atoms with Crippen molar-refractivity contribution < 1.29 is 19.1 Å². The number of carboxylic acid groups (broad SMARTS) is 1. The van der Waals surface area contributed by atoms with E-state index < -0.39 is 12.1 Å². The van der Waals surface area contributed by atoms with E-state index in [0.717, 1.165) is 12.1 Å². The third-order valence-corrected chi connectivity index (χ3v) is 3.35. The zero-order chi connectivity index (χ0) is 11.5. The fourth-order valence-corrected chi connectivity index (χ4v) is 2.47. The second-order valence-electron chi connectivity index (χ2n) is 3.73. The molecule has 2 unspecified atom stereocenters. The maximum absolute atomic E-state index is 10.7. The molecule has 0 spiro atoms. The predicted octanol–water partition coefficient (Wildman–Crippen LogP) is 1.71. The van der Waals surface area contributed by atoms with Crippen LogP contribution in [0, 0.1) is 6.92 Å². The molecule has 1 aliphatic heterocycles. The highest BCUT2D eigenvalue weighted by Gasteiger charge is 2.30. The van der Waals surface area contributed by atoms with Gasteiger partial charge < -0.3 is 14.3 Å². The molecular weight excluding hydrogens is 230 g/mol. The number of aryl methyl sites for hydroxylation is 1. The lowest BCUT2D eigenvalue weighted by Gasteiger charge is -2.08. The minimum Gasteiger partial charge on any atom is -0.479 e. The molecule has 2 atom stereocenters. The van der Waals surface area contributed by atoms with E-state index in [0.29, 0.717) is 17.4 Å². The van der Waals surface area contributed by atoms with Crippen molar-refractivity contribution in [2.24, 2.45) is 0 Å². The van der Waals surface area contributed by atoms with E-state index in [-0.39, 0.29) is 6.10 Å². The standard InChI is InChI=1S/C10H13NO4S/c1-6-4-14-10(11-6)16-5-7-2-3-8(15-7)9(12)13/h4,7-8H,2-3,5H2,1H3,(H,12,13). The first-order valence-electron chi connectivity index (χ1n) is 5.08. The van der Waals surface area contributed by atoms with Crippen LogP contribution in [0.15, 0.2) is 15.9 Å². The number of aromatic nitrogens is 1. The summed E-state index contributed by atoms with van der Waals surface area (Å²) in [4.78, 5) is 14.8. The number of hydrogen-bond donors (Lipinski definition) is 1. The fourth-order valence-electron chi connectivity index (χ4n) is 1.57. The van der Waals surface area contributed by atoms with Crippen molar-refractivity contribution in [2.45, 2.75) is 37.2 Å². The second kappa shape index (κ2) is 4.88. The zero-order valence-corrected chi connectivity index (χ0v) is 9.70. The lowest BCUT2D eigenvalue weighted by Crippen LogP contribution is -2.21. The number of aliphatic carboxylic acids is 1. The maximum atomic E-state index is 10.7. The molecule has 0 aliphatic carbocycles. The molecule has 5 nitrogen and oxygen atoms in total. The molecule has 0 saturated carbocycles. The first-order chi connectivity index (χ1) is 7.65. The number of carbonyl (C=O) groups is 1. The molecule has 1 fully saturated rings. The average Bonchev–Trinajstić information content (AvgIpc) is 2.83. The Hall–Kier alpha value is -1.01. The van der Waals surface area contributed by atoms with E-state index in [2.05, 4.69) is 4.98 Å². The normalized spacial score (nSPS) is 24.8. The van der Waals surface area contributed by atoms with Crippen LogP contribution in [0.25, 0.3) is 0 Å². The molecule has 1 N–H and O–H groups in total. The Morgan fingerprint density at radius 3 is 3.06 bits per heavy atom. The molecule has 1 aromatic heterocycles. The second-order valence-corrected chi connectivity index (χ2v) is 4.70. The largest absolute Gasteiger partial charge is 0.479 e. The van der Waals surface area contributed by atoms with Crippen LogP contribution in [0.4, 0.5) is 0 Å². The van der Waals surface area contributed by atoms with Gasteiger partial charge in [0.25, 0.3) is 5.22 Å². The molecule has 2 heterocycles. The van der Waals surface area contributed by atoms with Crippen molar-refractivity contribution in [1.29, 1.82) is 0 Å². The number of oxazole rings is 1. The van der Waals surface area contributed by atoms with Gasteiger partial charge in [0.1, 0.15) is 6.26 Å². The van der Waals surface area contributed by atoms with Gasteiger partial charge in [-0.05, 0) is 19.8 Å². The van der Waals surface area contributed by atoms with Crippen LogP contribution in [-0.4, -0.2) is 34.0 Å². The van der Waals surface area contributed by atoms with Crippen LogP contribution in [0.1, 0.15) is 18.5 Å². The van der Waals surface area contributed by atoms with Crippen molar-refractivity contribution in [3.63, 3.8) is 0 Å². The summed E-state index contributed by atoms with van der Waals surface area (Å²) in [5.41, 5.74) is 0.846. The average molecular weight is 243 g/mol. The molecule has 0 bridgehead atoms. The van der Waals surface area contributed by atoms with Crippen LogP contribution >= 0.6 is 11.8 Å². The summed E-state index contributed by atoms with van der Waals surface area (Å²) in [5.74, 6) is -0.191. The van der Waals surface area contributed by atoms with Gasteiger partial charge in [0.15, 0.2) is 6.10 Å². The highest BCUT2D eigenvalue weighted by Crippen LogP contribution is 2.26. The zero-order valence-electron chi connectivity index (χ0n) is 8.88. The summed E-state index contributed by atoms with van der Waals surface area (Å²) >= 11 is 1.46. The van der Waals surface area contributed by atoms with Gasteiger partial charge in [0.2, 0.25) is 0 Å². The van der Waals surface area contributed by atoms with E-state index in [4.69, 9.17) is 14.3 Å². The Morgan fingerprint density at radius 1 is 1.69 bits per heavy atom. The summed E-state index contributed by atoms with van der Waals surface area (Å²) in [6.45, 7) is 1.86. The van der Waals surface area contributed by atoms with Gasteiger partial charge in [-0.2, -0.15) is 0 Å². The summed E-state index contributed by atoms with van der Waals surface area (Å²) in [5, 5.41) is 9.37. The number of nitrogens with zero attached hydrogens (tertiary/aromatic N) is 1. The molecule has 0 aromatic carbocycles. The lowest BCUT2D eigenvalue weighted by molar-refractivity contribution is -0.148. The third-order valence-electron chi connectivity index (χ3n) is 2.37. The Bertz CT molecular complexity index is 379. The van der Waals surface area contributed by atoms with Crippen LogP contribution in [0.2, 0.25) is 0 Å². The van der Waals surface area contributed by atoms with E-state index in [1.165, 1.54) is 11.8 Å². The van der Waals surface area contributed by atoms with Crippen molar-refractivity contribution in [3.8, 4) is 0 Å². The van der Waals surface area contributed by atoms with Gasteiger partial charge in [-0.1, -0.05) is 11.8 Å². The van der Waals surface area contributed by atoms with E-state index in [9.17, 15) is 4.79 Å². The van der Waals surface area contributed by atoms with Gasteiger partial charge in [-0.25, -0.2) is 9.78 Å². The predicted molar refractivity (Wildman–Crippen MR) is 57.5 cm³/mol. The van der Waals surface area contributed by atoms with Gasteiger partial charge in [-0.15, -0.1) is 0 Å². The minimum absolute atomic E-state index is 0.0155. The van der Waals surface area contributed by atoms with E-state index in [1.54, 1.807) is 6.26 Å². The van der Waals surface area contributed by atoms with E-state index in [1.807, 2.05) is 6.92 Å². The van der Waals surface area contributed by atoms with Crippen molar-refractivity contribution >= 4 is 17.7 Å². The molecule has 1 aromatic rings. The lowest BCUT2D eigenvalue weighted by atomic mass is 10.2. The number of thioether (sulfide) groups is 1. The Kier molecular flexibility index (Phi) is 3.50. The van der Waals surface area contributed by atoms with Gasteiger partial charge in [-0.3, -0.25) is 0 Å². The van der Waals surface area contributed by atoms with Crippen LogP contribution in [0.5, 0.6) is 0 Å². The fraction of sp³-hybridized carbons (Fsp3) is 0.600. The quantitative estimate of drug-likeness (QED) is 0.811. The minimum atomic E-state index is -0.875. The molecule has 1 saturated heterocycles. The maximum Gasteiger partial charge on any atom is 0.332 e. The van der Waals surface area contributed by atoms with E-state index >= 15 is 0 Å². The highest BCUT2D eigenvalue weighted by atomic mass is 32.2. The third kappa shape index (κ3) is 2.76. The van der Waals surface area contributed by atoms with Crippen LogP contribution < -0.4 is 0 Å². The molecule has 1 aliphatic rings. The van der Waals surface area contributed by atoms with Gasteiger partial charge >= 0.3 is 5.97 Å². The molecule has 88 valence electrons. The van der Waals surface area contributed by atoms with Crippen molar-refractivity contribution in [1.82, 2.24) is 4.98 Å². The first kappa shape index (κ1) is 11.5. The van der Waals surface area contributed by atoms with Gasteiger partial charge in [0, 0.05) is 5.75 Å². The summed E-state index contributed by atoms with van der Waals surface area (Å²) < 4.78 is 10.5. The first-order valence-corrected chi connectivity index (χ1v) is 6.07. The summed E-state index contributed by atoms with van der Waals surface area (Å²) in [6.07, 6.45) is 2.31. The number of carboxylic acids is 1. The molecule has 2 rings (SSSR count). The monoisotopic (exact) mass is 243 g/mol. The number of rotatable bonds is 4. The van der Waals surface area contributed by atoms with Crippen LogP contribution in [-0.2, 0) is 9.53 Å². The number of hydrogen-bond acceptors (Lipinski definition) is 5. The smallest absolute Gasteiger partial charge is 0.332 e. The topological polar surface area (TPSA) is 72.6 Å². The Labute approximate surface area is 97.2 Å². The SMILES string of the molecule is Cc1coc(SCC2CCC(C(=O)O)O2)n1. The molecule has 0 amide bonds.